The first-order valence-corrected chi connectivity index (χ1v) is 12.8. The van der Waals surface area contributed by atoms with Crippen molar-refractivity contribution in [3.05, 3.63) is 93.0 Å². The molecule has 0 aliphatic heterocycles. The Labute approximate surface area is 219 Å². The highest BCUT2D eigenvalue weighted by Crippen LogP contribution is 2.38. The smallest absolute Gasteiger partial charge is 0.337 e. The standard InChI is InChI=1S/C30H29N5O3/c1-16-13-24(18(3)31-25-8-6-5-7-22(25)30(37)38)28-32-27(17(2)29(36)34(28)15-16)20-9-12-26-23(14-20)19(4)33-35(26)21-10-11-21/h5-9,12-15,18,21,31H,10-11H2,1-4H3,(H,37,38)/t18-/m0/s1. The summed E-state index contributed by atoms with van der Waals surface area (Å²) < 4.78 is 3.72. The van der Waals surface area contributed by atoms with E-state index in [4.69, 9.17) is 10.1 Å². The maximum atomic E-state index is 13.6. The largest absolute Gasteiger partial charge is 0.478 e. The fraction of sp³-hybridized carbons (Fsp3) is 0.267. The number of aromatic nitrogens is 4. The Balaban J connectivity index is 1.50. The third-order valence-electron chi connectivity index (χ3n) is 7.37. The number of aromatic carboxylic acids is 1. The molecule has 192 valence electrons. The van der Waals surface area contributed by atoms with Crippen LogP contribution in [0.1, 0.15) is 64.6 Å². The molecule has 5 aromatic rings. The number of hydrogen-bond acceptors (Lipinski definition) is 5. The molecule has 1 aliphatic carbocycles. The van der Waals surface area contributed by atoms with E-state index < -0.39 is 5.97 Å². The molecule has 1 aliphatic rings. The Bertz CT molecular complexity index is 1810. The van der Waals surface area contributed by atoms with Crippen LogP contribution in [0, 0.1) is 20.8 Å². The highest BCUT2D eigenvalue weighted by molar-refractivity contribution is 5.94. The predicted molar refractivity (Wildman–Crippen MR) is 148 cm³/mol. The van der Waals surface area contributed by atoms with Gasteiger partial charge in [0.1, 0.15) is 5.65 Å². The zero-order chi connectivity index (χ0) is 26.7. The third kappa shape index (κ3) is 3.93. The SMILES string of the molecule is Cc1cc([C@H](C)Nc2ccccc2C(=O)O)c2nc(-c3ccc4c(c3)c(C)nn4C3CC3)c(C)c(=O)n2c1. The molecule has 2 aromatic carbocycles. The number of nitrogens with one attached hydrogen (secondary N) is 1. The van der Waals surface area contributed by atoms with Crippen LogP contribution in [0.3, 0.4) is 0 Å². The number of para-hydroxylation sites is 1. The second-order valence-electron chi connectivity index (χ2n) is 10.3. The highest BCUT2D eigenvalue weighted by atomic mass is 16.4. The molecule has 8 heteroatoms. The Morgan fingerprint density at radius 2 is 1.87 bits per heavy atom. The molecule has 1 fully saturated rings. The van der Waals surface area contributed by atoms with Gasteiger partial charge in [-0.15, -0.1) is 0 Å². The van der Waals surface area contributed by atoms with Crippen molar-refractivity contribution in [3.63, 3.8) is 0 Å². The fourth-order valence-electron chi connectivity index (χ4n) is 5.24. The van der Waals surface area contributed by atoms with Crippen LogP contribution in [0.25, 0.3) is 27.8 Å². The number of aryl methyl sites for hydroxylation is 2. The molecular formula is C30H29N5O3. The first kappa shape index (κ1) is 23.9. The molecule has 0 unspecified atom stereocenters. The molecule has 0 amide bonds. The minimum absolute atomic E-state index is 0.126. The van der Waals surface area contributed by atoms with E-state index in [0.717, 1.165) is 46.1 Å². The lowest BCUT2D eigenvalue weighted by Gasteiger charge is -2.20. The van der Waals surface area contributed by atoms with E-state index in [1.54, 1.807) is 34.9 Å². The average Bonchev–Trinajstić information content (AvgIpc) is 3.69. The van der Waals surface area contributed by atoms with Gasteiger partial charge < -0.3 is 10.4 Å². The van der Waals surface area contributed by atoms with Gasteiger partial charge in [-0.3, -0.25) is 13.9 Å². The van der Waals surface area contributed by atoms with E-state index in [-0.39, 0.29) is 17.2 Å². The maximum absolute atomic E-state index is 13.6. The maximum Gasteiger partial charge on any atom is 0.337 e. The number of nitrogens with zero attached hydrogens (tertiary/aromatic N) is 4. The van der Waals surface area contributed by atoms with Gasteiger partial charge in [0.25, 0.3) is 5.56 Å². The van der Waals surface area contributed by atoms with Crippen LogP contribution < -0.4 is 10.9 Å². The molecule has 38 heavy (non-hydrogen) atoms. The highest BCUT2D eigenvalue weighted by Gasteiger charge is 2.27. The van der Waals surface area contributed by atoms with Crippen molar-refractivity contribution in [3.8, 4) is 11.3 Å². The van der Waals surface area contributed by atoms with E-state index in [2.05, 4.69) is 22.1 Å². The van der Waals surface area contributed by atoms with Gasteiger partial charge in [0.2, 0.25) is 0 Å². The molecular weight excluding hydrogens is 478 g/mol. The predicted octanol–water partition coefficient (Wildman–Crippen LogP) is 5.84. The second kappa shape index (κ2) is 8.83. The molecule has 1 atom stereocenters. The zero-order valence-electron chi connectivity index (χ0n) is 21.8. The van der Waals surface area contributed by atoms with Crippen LogP contribution in [0.4, 0.5) is 5.69 Å². The summed E-state index contributed by atoms with van der Waals surface area (Å²) >= 11 is 0. The summed E-state index contributed by atoms with van der Waals surface area (Å²) in [6.45, 7) is 7.71. The summed E-state index contributed by atoms with van der Waals surface area (Å²) in [6.07, 6.45) is 4.12. The molecule has 0 spiro atoms. The van der Waals surface area contributed by atoms with Crippen LogP contribution in [0.5, 0.6) is 0 Å². The van der Waals surface area contributed by atoms with Crippen LogP contribution in [0.2, 0.25) is 0 Å². The Morgan fingerprint density at radius 1 is 1.11 bits per heavy atom. The average molecular weight is 508 g/mol. The lowest BCUT2D eigenvalue weighted by atomic mass is 10.0. The van der Waals surface area contributed by atoms with Gasteiger partial charge in [0, 0.05) is 34.0 Å². The summed E-state index contributed by atoms with van der Waals surface area (Å²) in [7, 11) is 0. The molecule has 2 N–H and O–H groups in total. The molecule has 6 rings (SSSR count). The summed E-state index contributed by atoms with van der Waals surface area (Å²) in [5.74, 6) is -1.00. The van der Waals surface area contributed by atoms with E-state index >= 15 is 0 Å². The van der Waals surface area contributed by atoms with Crippen LogP contribution in [0.15, 0.2) is 59.5 Å². The summed E-state index contributed by atoms with van der Waals surface area (Å²) in [5, 5.41) is 18.8. The van der Waals surface area contributed by atoms with Crippen molar-refractivity contribution in [1.29, 1.82) is 0 Å². The number of hydrogen-bond donors (Lipinski definition) is 2. The van der Waals surface area contributed by atoms with Gasteiger partial charge in [0.05, 0.1) is 34.6 Å². The lowest BCUT2D eigenvalue weighted by Crippen LogP contribution is -2.22. The van der Waals surface area contributed by atoms with Crippen molar-refractivity contribution in [1.82, 2.24) is 19.2 Å². The zero-order valence-corrected chi connectivity index (χ0v) is 21.8. The summed E-state index contributed by atoms with van der Waals surface area (Å²) in [4.78, 5) is 30.4. The number of pyridine rings is 1. The molecule has 0 saturated heterocycles. The number of benzene rings is 2. The number of carboxylic acid groups (broad SMARTS) is 1. The molecule has 1 saturated carbocycles. The normalized spacial score (nSPS) is 14.2. The van der Waals surface area contributed by atoms with Crippen molar-refractivity contribution in [2.75, 3.05) is 5.32 Å². The van der Waals surface area contributed by atoms with E-state index in [0.29, 0.717) is 28.6 Å². The molecule has 3 heterocycles. The monoisotopic (exact) mass is 507 g/mol. The van der Waals surface area contributed by atoms with Crippen LogP contribution in [-0.4, -0.2) is 30.2 Å². The van der Waals surface area contributed by atoms with Crippen LogP contribution in [-0.2, 0) is 0 Å². The minimum atomic E-state index is -1.00. The van der Waals surface area contributed by atoms with Crippen molar-refractivity contribution in [2.24, 2.45) is 0 Å². The third-order valence-corrected chi connectivity index (χ3v) is 7.37. The van der Waals surface area contributed by atoms with Gasteiger partial charge in [-0.25, -0.2) is 9.78 Å². The van der Waals surface area contributed by atoms with Gasteiger partial charge in [-0.05, 0) is 76.4 Å². The van der Waals surface area contributed by atoms with Crippen LogP contribution >= 0.6 is 0 Å². The van der Waals surface area contributed by atoms with Gasteiger partial charge >= 0.3 is 5.97 Å². The van der Waals surface area contributed by atoms with Gasteiger partial charge in [-0.2, -0.15) is 5.10 Å². The second-order valence-corrected chi connectivity index (χ2v) is 10.3. The van der Waals surface area contributed by atoms with Crippen molar-refractivity contribution >= 4 is 28.2 Å². The van der Waals surface area contributed by atoms with Crippen molar-refractivity contribution in [2.45, 2.75) is 52.6 Å². The number of carboxylic acids is 1. The fourth-order valence-corrected chi connectivity index (χ4v) is 5.24. The topological polar surface area (TPSA) is 102 Å². The summed E-state index contributed by atoms with van der Waals surface area (Å²) in [6, 6.07) is 15.2. The quantitative estimate of drug-likeness (QED) is 0.299. The first-order chi connectivity index (χ1) is 18.2. The summed E-state index contributed by atoms with van der Waals surface area (Å²) in [5.41, 5.74) is 6.99. The van der Waals surface area contributed by atoms with E-state index in [9.17, 15) is 14.7 Å². The van der Waals surface area contributed by atoms with Gasteiger partial charge in [-0.1, -0.05) is 18.2 Å². The molecule has 0 radical (unpaired) electrons. The van der Waals surface area contributed by atoms with E-state index in [1.165, 1.54) is 0 Å². The number of fused-ring (bicyclic) bond motifs is 2. The Morgan fingerprint density at radius 3 is 2.61 bits per heavy atom. The number of rotatable bonds is 6. The Hall–Kier alpha value is -4.46. The first-order valence-electron chi connectivity index (χ1n) is 12.8. The number of anilines is 1. The molecule has 8 nitrogen and oxygen atoms in total. The van der Waals surface area contributed by atoms with Gasteiger partial charge in [0.15, 0.2) is 0 Å². The van der Waals surface area contributed by atoms with E-state index in [1.807, 2.05) is 39.8 Å². The lowest BCUT2D eigenvalue weighted by molar-refractivity contribution is 0.0698. The van der Waals surface area contributed by atoms with Crippen molar-refractivity contribution < 1.29 is 9.90 Å². The number of carbonyl (C=O) groups is 1. The Kier molecular flexibility index (Phi) is 5.56. The molecule has 0 bridgehead atoms. The molecule has 3 aromatic heterocycles. The minimum Gasteiger partial charge on any atom is -0.478 e.